The third kappa shape index (κ3) is 3.27. The average molecular weight is 506 g/mol. The number of hydrogen-bond acceptors (Lipinski definition) is 5. The van der Waals surface area contributed by atoms with Crippen molar-refractivity contribution < 1.29 is 4.79 Å². The number of aromatic nitrogens is 3. The van der Waals surface area contributed by atoms with E-state index in [1.165, 1.54) is 23.3 Å². The smallest absolute Gasteiger partial charge is 0.224 e. The van der Waals surface area contributed by atoms with Crippen LogP contribution < -0.4 is 5.32 Å². The Morgan fingerprint density at radius 1 is 1.14 bits per heavy atom. The number of aryl methyl sites for hydroxylation is 1. The van der Waals surface area contributed by atoms with Gasteiger partial charge in [0.15, 0.2) is 5.82 Å². The Morgan fingerprint density at radius 2 is 1.91 bits per heavy atom. The maximum Gasteiger partial charge on any atom is 0.224 e. The summed E-state index contributed by atoms with van der Waals surface area (Å²) in [4.78, 5) is 20.0. The minimum Gasteiger partial charge on any atom is -0.351 e. The van der Waals surface area contributed by atoms with Gasteiger partial charge in [0.05, 0.1) is 5.71 Å². The number of halogens is 1. The van der Waals surface area contributed by atoms with Crippen LogP contribution in [-0.2, 0) is 23.2 Å². The number of carbonyl (C=O) groups is 1. The molecule has 7 rings (SSSR count). The van der Waals surface area contributed by atoms with E-state index in [4.69, 9.17) is 16.6 Å². The van der Waals surface area contributed by atoms with Crippen molar-refractivity contribution in [3.05, 3.63) is 62.5 Å². The Labute approximate surface area is 213 Å². The van der Waals surface area contributed by atoms with E-state index < -0.39 is 0 Å². The average Bonchev–Trinajstić information content (AvgIpc) is 3.14. The van der Waals surface area contributed by atoms with Crippen molar-refractivity contribution in [1.82, 2.24) is 20.1 Å². The molecule has 2 saturated carbocycles. The van der Waals surface area contributed by atoms with Crippen molar-refractivity contribution in [2.75, 3.05) is 0 Å². The number of aliphatic imine (C=N–C) groups is 1. The van der Waals surface area contributed by atoms with Gasteiger partial charge in [-0.1, -0.05) is 42.6 Å². The molecule has 3 aromatic rings. The van der Waals surface area contributed by atoms with Gasteiger partial charge in [0.2, 0.25) is 5.91 Å². The SMILES string of the molecule is Cc1nnc2n1-c1sc3c(c1C(c1ccccc1Cl)=NC21CC1)C[C@H](C(=O)NC1(C)CCCC1)C3. The van der Waals surface area contributed by atoms with Crippen LogP contribution in [0.3, 0.4) is 0 Å². The Bertz CT molecular complexity index is 1410. The van der Waals surface area contributed by atoms with E-state index >= 15 is 0 Å². The zero-order valence-electron chi connectivity index (χ0n) is 20.0. The zero-order valence-corrected chi connectivity index (χ0v) is 21.6. The summed E-state index contributed by atoms with van der Waals surface area (Å²) in [5.74, 6) is 1.97. The van der Waals surface area contributed by atoms with Crippen LogP contribution in [0, 0.1) is 12.8 Å². The molecule has 0 unspecified atom stereocenters. The number of carbonyl (C=O) groups excluding carboxylic acids is 1. The molecular formula is C27H28ClN5OS. The van der Waals surface area contributed by atoms with Crippen LogP contribution >= 0.6 is 22.9 Å². The monoisotopic (exact) mass is 505 g/mol. The molecule has 6 nitrogen and oxygen atoms in total. The number of rotatable bonds is 3. The van der Waals surface area contributed by atoms with Gasteiger partial charge in [-0.05, 0) is 64.0 Å². The van der Waals surface area contributed by atoms with Crippen LogP contribution in [-0.4, -0.2) is 31.9 Å². The van der Waals surface area contributed by atoms with Crippen LogP contribution in [0.5, 0.6) is 0 Å². The normalized spacial score (nSPS) is 22.8. The van der Waals surface area contributed by atoms with Crippen LogP contribution in [0.2, 0.25) is 5.02 Å². The van der Waals surface area contributed by atoms with Crippen molar-refractivity contribution in [3.8, 4) is 5.00 Å². The summed E-state index contributed by atoms with van der Waals surface area (Å²) in [6.45, 7) is 4.21. The van der Waals surface area contributed by atoms with Crippen molar-refractivity contribution in [1.29, 1.82) is 0 Å². The highest BCUT2D eigenvalue weighted by Gasteiger charge is 2.52. The van der Waals surface area contributed by atoms with E-state index in [0.717, 1.165) is 72.0 Å². The Hall–Kier alpha value is -2.51. The van der Waals surface area contributed by atoms with Gasteiger partial charge in [-0.3, -0.25) is 14.4 Å². The molecule has 0 saturated heterocycles. The number of hydrogen-bond donors (Lipinski definition) is 1. The van der Waals surface area contributed by atoms with Gasteiger partial charge in [-0.15, -0.1) is 21.5 Å². The molecule has 1 aliphatic heterocycles. The molecule has 3 aliphatic carbocycles. The lowest BCUT2D eigenvalue weighted by Crippen LogP contribution is -2.46. The fourth-order valence-electron chi connectivity index (χ4n) is 6.22. The predicted molar refractivity (Wildman–Crippen MR) is 138 cm³/mol. The minimum atomic E-state index is -0.339. The second kappa shape index (κ2) is 7.50. The first-order valence-electron chi connectivity index (χ1n) is 12.6. The first kappa shape index (κ1) is 21.7. The summed E-state index contributed by atoms with van der Waals surface area (Å²) in [6, 6.07) is 7.97. The summed E-state index contributed by atoms with van der Waals surface area (Å²) in [5, 5.41) is 14.2. The molecule has 1 atom stereocenters. The number of thiophene rings is 1. The number of amides is 1. The van der Waals surface area contributed by atoms with Gasteiger partial charge >= 0.3 is 0 Å². The molecular weight excluding hydrogens is 478 g/mol. The topological polar surface area (TPSA) is 72.2 Å². The van der Waals surface area contributed by atoms with Crippen LogP contribution in [0.15, 0.2) is 29.3 Å². The maximum atomic E-state index is 13.4. The van der Waals surface area contributed by atoms with E-state index in [0.29, 0.717) is 5.02 Å². The van der Waals surface area contributed by atoms with Gasteiger partial charge in [-0.25, -0.2) is 0 Å². The summed E-state index contributed by atoms with van der Waals surface area (Å²) in [7, 11) is 0. The molecule has 35 heavy (non-hydrogen) atoms. The second-order valence-corrected chi connectivity index (χ2v) is 12.4. The molecule has 0 bridgehead atoms. The first-order chi connectivity index (χ1) is 16.9. The number of nitrogens with one attached hydrogen (secondary N) is 1. The van der Waals surface area contributed by atoms with Crippen molar-refractivity contribution >= 4 is 34.6 Å². The minimum absolute atomic E-state index is 0.0360. The maximum absolute atomic E-state index is 13.4. The number of benzene rings is 1. The molecule has 1 amide bonds. The quantitative estimate of drug-likeness (QED) is 0.525. The lowest BCUT2D eigenvalue weighted by molar-refractivity contribution is -0.126. The second-order valence-electron chi connectivity index (χ2n) is 10.9. The van der Waals surface area contributed by atoms with Crippen molar-refractivity contribution in [3.63, 3.8) is 0 Å². The van der Waals surface area contributed by atoms with E-state index in [1.54, 1.807) is 11.3 Å². The van der Waals surface area contributed by atoms with Crippen LogP contribution in [0.4, 0.5) is 0 Å². The fourth-order valence-corrected chi connectivity index (χ4v) is 7.90. The van der Waals surface area contributed by atoms with Gasteiger partial charge in [0.25, 0.3) is 0 Å². The van der Waals surface area contributed by atoms with Gasteiger partial charge < -0.3 is 5.32 Å². The van der Waals surface area contributed by atoms with Crippen molar-refractivity contribution in [2.24, 2.45) is 10.9 Å². The summed E-state index contributed by atoms with van der Waals surface area (Å²) in [6.07, 6.45) is 7.96. The third-order valence-electron chi connectivity index (χ3n) is 8.32. The van der Waals surface area contributed by atoms with Crippen LogP contribution in [0.25, 0.3) is 5.00 Å². The molecule has 4 aliphatic rings. The van der Waals surface area contributed by atoms with Crippen molar-refractivity contribution in [2.45, 2.75) is 76.3 Å². The Kier molecular flexibility index (Phi) is 4.66. The molecule has 1 aromatic carbocycles. The highest BCUT2D eigenvalue weighted by atomic mass is 35.5. The summed E-state index contributed by atoms with van der Waals surface area (Å²) in [5.41, 5.74) is 3.86. The predicted octanol–water partition coefficient (Wildman–Crippen LogP) is 5.29. The standard InChI is InChI=1S/C27H28ClN5OS/c1-15-31-32-25-27(11-12-27)29-22(17-7-3-4-8-19(17)28)21-18-13-16(14-20(18)35-24(21)33(15)25)23(34)30-26(2)9-5-6-10-26/h3-4,7-8,16H,5-6,9-14H2,1-2H3,(H,30,34)/t16-/m0/s1. The van der Waals surface area contributed by atoms with Gasteiger partial charge in [0, 0.05) is 32.5 Å². The molecule has 180 valence electrons. The molecule has 1 spiro atoms. The highest BCUT2D eigenvalue weighted by molar-refractivity contribution is 7.15. The Balaban J connectivity index is 1.35. The Morgan fingerprint density at radius 3 is 2.66 bits per heavy atom. The fraction of sp³-hybridized carbons (Fsp3) is 0.481. The van der Waals surface area contributed by atoms with E-state index in [-0.39, 0.29) is 22.9 Å². The number of nitrogens with zero attached hydrogens (tertiary/aromatic N) is 4. The first-order valence-corrected chi connectivity index (χ1v) is 13.8. The van der Waals surface area contributed by atoms with Gasteiger partial charge in [-0.2, -0.15) is 0 Å². The lowest BCUT2D eigenvalue weighted by atomic mass is 9.95. The zero-order chi connectivity index (χ0) is 23.9. The molecule has 8 heteroatoms. The molecule has 1 N–H and O–H groups in total. The van der Waals surface area contributed by atoms with Gasteiger partial charge in [0.1, 0.15) is 16.4 Å². The third-order valence-corrected chi connectivity index (χ3v) is 9.89. The molecule has 0 radical (unpaired) electrons. The highest BCUT2D eigenvalue weighted by Crippen LogP contribution is 2.54. The lowest BCUT2D eigenvalue weighted by Gasteiger charge is -2.27. The summed E-state index contributed by atoms with van der Waals surface area (Å²) < 4.78 is 2.22. The summed E-state index contributed by atoms with van der Waals surface area (Å²) >= 11 is 8.51. The van der Waals surface area contributed by atoms with E-state index in [9.17, 15) is 4.79 Å². The molecule has 2 aromatic heterocycles. The van der Waals surface area contributed by atoms with E-state index in [1.807, 2.05) is 25.1 Å². The molecule has 2 fully saturated rings. The van der Waals surface area contributed by atoms with E-state index in [2.05, 4.69) is 33.1 Å². The van der Waals surface area contributed by atoms with Crippen LogP contribution in [0.1, 0.15) is 78.7 Å². The molecule has 3 heterocycles. The number of fused-ring (bicyclic) bond motifs is 6. The largest absolute Gasteiger partial charge is 0.351 e.